The van der Waals surface area contributed by atoms with E-state index in [1.807, 2.05) is 24.3 Å². The maximum absolute atomic E-state index is 11.6. The topological polar surface area (TPSA) is 71.3 Å². The summed E-state index contributed by atoms with van der Waals surface area (Å²) in [6.45, 7) is 2.61. The van der Waals surface area contributed by atoms with Crippen LogP contribution >= 0.6 is 0 Å². The van der Waals surface area contributed by atoms with Crippen molar-refractivity contribution >= 4 is 11.8 Å². The minimum Gasteiger partial charge on any atom is -0.467 e. The van der Waals surface area contributed by atoms with Gasteiger partial charge < -0.3 is 15.1 Å². The third-order valence-corrected chi connectivity index (χ3v) is 3.09. The van der Waals surface area contributed by atoms with Crippen molar-refractivity contribution in [1.82, 2.24) is 10.6 Å². The van der Waals surface area contributed by atoms with Crippen LogP contribution in [0.3, 0.4) is 0 Å². The molecule has 2 N–H and O–H groups in total. The molecule has 2 aromatic rings. The van der Waals surface area contributed by atoms with Crippen molar-refractivity contribution in [2.75, 3.05) is 0 Å². The molecule has 1 aromatic carbocycles. The van der Waals surface area contributed by atoms with Gasteiger partial charge in [0, 0.05) is 6.54 Å². The number of furan rings is 1. The molecule has 0 fully saturated rings. The highest BCUT2D eigenvalue weighted by Gasteiger charge is 2.12. The van der Waals surface area contributed by atoms with E-state index in [4.69, 9.17) is 4.42 Å². The fourth-order valence-electron chi connectivity index (χ4n) is 1.82. The lowest BCUT2D eigenvalue weighted by Crippen LogP contribution is -2.39. The van der Waals surface area contributed by atoms with Crippen molar-refractivity contribution in [1.29, 1.82) is 0 Å². The van der Waals surface area contributed by atoms with Gasteiger partial charge in [-0.25, -0.2) is 0 Å². The molecule has 0 spiro atoms. The summed E-state index contributed by atoms with van der Waals surface area (Å²) >= 11 is 0. The lowest BCUT2D eigenvalue weighted by Gasteiger charge is -2.06. The van der Waals surface area contributed by atoms with Crippen molar-refractivity contribution in [3.05, 3.63) is 59.5 Å². The maximum Gasteiger partial charge on any atom is 0.309 e. The second-order valence-corrected chi connectivity index (χ2v) is 4.61. The second kappa shape index (κ2) is 7.28. The predicted molar refractivity (Wildman–Crippen MR) is 78.2 cm³/mol. The van der Waals surface area contributed by atoms with E-state index in [9.17, 15) is 9.59 Å². The van der Waals surface area contributed by atoms with Crippen LogP contribution in [0.5, 0.6) is 0 Å². The first-order valence-electron chi connectivity index (χ1n) is 6.85. The summed E-state index contributed by atoms with van der Waals surface area (Å²) in [5, 5.41) is 5.08. The van der Waals surface area contributed by atoms with Gasteiger partial charge in [-0.2, -0.15) is 0 Å². The summed E-state index contributed by atoms with van der Waals surface area (Å²) in [7, 11) is 0. The minimum atomic E-state index is -0.670. The SMILES string of the molecule is CCc1ccc(CNC(=O)C(=O)NCc2ccco2)cc1. The standard InChI is InChI=1S/C16H18N2O3/c1-2-12-5-7-13(8-6-12)10-17-15(19)16(20)18-11-14-4-3-9-21-14/h3-9H,2,10-11H2,1H3,(H,17,19)(H,18,20). The molecular formula is C16H18N2O3. The molecule has 0 radical (unpaired) electrons. The summed E-state index contributed by atoms with van der Waals surface area (Å²) in [5.41, 5.74) is 2.20. The summed E-state index contributed by atoms with van der Waals surface area (Å²) in [5.74, 6) is -0.719. The quantitative estimate of drug-likeness (QED) is 0.823. The number of hydrogen-bond donors (Lipinski definition) is 2. The summed E-state index contributed by atoms with van der Waals surface area (Å²) in [6.07, 6.45) is 2.49. The summed E-state index contributed by atoms with van der Waals surface area (Å²) in [6, 6.07) is 11.4. The average Bonchev–Trinajstić information content (AvgIpc) is 3.04. The van der Waals surface area contributed by atoms with Gasteiger partial charge in [0.2, 0.25) is 0 Å². The van der Waals surface area contributed by atoms with Crippen LogP contribution in [0.4, 0.5) is 0 Å². The number of hydrogen-bond acceptors (Lipinski definition) is 3. The Morgan fingerprint density at radius 1 is 0.952 bits per heavy atom. The lowest BCUT2D eigenvalue weighted by molar-refractivity contribution is -0.139. The van der Waals surface area contributed by atoms with E-state index in [1.165, 1.54) is 11.8 Å². The van der Waals surface area contributed by atoms with Gasteiger partial charge in [-0.05, 0) is 29.7 Å². The van der Waals surface area contributed by atoms with Crippen molar-refractivity contribution < 1.29 is 14.0 Å². The summed E-state index contributed by atoms with van der Waals surface area (Å²) in [4.78, 5) is 23.2. The number of benzene rings is 1. The van der Waals surface area contributed by atoms with Crippen molar-refractivity contribution in [3.63, 3.8) is 0 Å². The molecule has 1 aromatic heterocycles. The molecule has 110 valence electrons. The normalized spacial score (nSPS) is 10.1. The highest BCUT2D eigenvalue weighted by molar-refractivity contribution is 6.35. The van der Waals surface area contributed by atoms with E-state index in [0.29, 0.717) is 12.3 Å². The number of amides is 2. The van der Waals surface area contributed by atoms with E-state index in [2.05, 4.69) is 17.6 Å². The van der Waals surface area contributed by atoms with Crippen LogP contribution in [0.15, 0.2) is 47.1 Å². The maximum atomic E-state index is 11.6. The van der Waals surface area contributed by atoms with Gasteiger partial charge in [-0.1, -0.05) is 31.2 Å². The van der Waals surface area contributed by atoms with E-state index in [0.717, 1.165) is 12.0 Å². The Morgan fingerprint density at radius 3 is 2.14 bits per heavy atom. The highest BCUT2D eigenvalue weighted by atomic mass is 16.3. The number of aryl methyl sites for hydroxylation is 1. The van der Waals surface area contributed by atoms with Crippen molar-refractivity contribution in [3.8, 4) is 0 Å². The fourth-order valence-corrected chi connectivity index (χ4v) is 1.82. The molecule has 1 heterocycles. The monoisotopic (exact) mass is 286 g/mol. The number of carbonyl (C=O) groups is 2. The Hall–Kier alpha value is -2.56. The largest absolute Gasteiger partial charge is 0.467 e. The van der Waals surface area contributed by atoms with Crippen LogP contribution in [0.25, 0.3) is 0 Å². The first-order chi connectivity index (χ1) is 10.2. The van der Waals surface area contributed by atoms with Crippen LogP contribution < -0.4 is 10.6 Å². The molecule has 0 aliphatic carbocycles. The van der Waals surface area contributed by atoms with Crippen molar-refractivity contribution in [2.45, 2.75) is 26.4 Å². The van der Waals surface area contributed by atoms with Gasteiger partial charge in [-0.3, -0.25) is 9.59 Å². The molecule has 21 heavy (non-hydrogen) atoms. The van der Waals surface area contributed by atoms with Gasteiger partial charge in [0.1, 0.15) is 5.76 Å². The van der Waals surface area contributed by atoms with Gasteiger partial charge in [0.15, 0.2) is 0 Å². The Kier molecular flexibility index (Phi) is 5.15. The zero-order valence-electron chi connectivity index (χ0n) is 11.9. The predicted octanol–water partition coefficient (Wildman–Crippen LogP) is 1.77. The highest BCUT2D eigenvalue weighted by Crippen LogP contribution is 2.04. The van der Waals surface area contributed by atoms with Crippen LogP contribution in [0, 0.1) is 0 Å². The van der Waals surface area contributed by atoms with Crippen LogP contribution in [-0.2, 0) is 29.1 Å². The lowest BCUT2D eigenvalue weighted by atomic mass is 10.1. The summed E-state index contributed by atoms with van der Waals surface area (Å²) < 4.78 is 5.07. The Morgan fingerprint density at radius 2 is 1.57 bits per heavy atom. The Bertz CT molecular complexity index is 588. The molecule has 5 nitrogen and oxygen atoms in total. The van der Waals surface area contributed by atoms with E-state index in [1.54, 1.807) is 12.1 Å². The molecule has 0 atom stereocenters. The number of carbonyl (C=O) groups excluding carboxylic acids is 2. The first kappa shape index (κ1) is 14.8. The minimum absolute atomic E-state index is 0.199. The molecule has 0 saturated carbocycles. The molecule has 0 aliphatic rings. The Labute approximate surface area is 123 Å². The van der Waals surface area contributed by atoms with Crippen LogP contribution in [0.1, 0.15) is 23.8 Å². The molecular weight excluding hydrogens is 268 g/mol. The van der Waals surface area contributed by atoms with E-state index in [-0.39, 0.29) is 6.54 Å². The van der Waals surface area contributed by atoms with Crippen LogP contribution in [-0.4, -0.2) is 11.8 Å². The number of rotatable bonds is 5. The van der Waals surface area contributed by atoms with Gasteiger partial charge >= 0.3 is 11.8 Å². The molecule has 0 unspecified atom stereocenters. The zero-order valence-corrected chi connectivity index (χ0v) is 11.9. The zero-order chi connectivity index (χ0) is 15.1. The average molecular weight is 286 g/mol. The van der Waals surface area contributed by atoms with Gasteiger partial charge in [0.05, 0.1) is 12.8 Å². The molecule has 0 saturated heterocycles. The van der Waals surface area contributed by atoms with E-state index < -0.39 is 11.8 Å². The van der Waals surface area contributed by atoms with Gasteiger partial charge in [0.25, 0.3) is 0 Å². The third kappa shape index (κ3) is 4.49. The Balaban J connectivity index is 1.76. The van der Waals surface area contributed by atoms with E-state index >= 15 is 0 Å². The molecule has 2 amide bonds. The molecule has 0 aliphatic heterocycles. The van der Waals surface area contributed by atoms with Crippen LogP contribution in [0.2, 0.25) is 0 Å². The fraction of sp³-hybridized carbons (Fsp3) is 0.250. The van der Waals surface area contributed by atoms with Gasteiger partial charge in [-0.15, -0.1) is 0 Å². The second-order valence-electron chi connectivity index (χ2n) is 4.61. The smallest absolute Gasteiger partial charge is 0.309 e. The molecule has 5 heteroatoms. The molecule has 0 bridgehead atoms. The van der Waals surface area contributed by atoms with Crippen molar-refractivity contribution in [2.24, 2.45) is 0 Å². The first-order valence-corrected chi connectivity index (χ1v) is 6.85. The molecule has 2 rings (SSSR count). The number of nitrogens with one attached hydrogen (secondary N) is 2. The third-order valence-electron chi connectivity index (χ3n) is 3.09.